The van der Waals surface area contributed by atoms with E-state index in [1.165, 1.54) is 0 Å². The van der Waals surface area contributed by atoms with Gasteiger partial charge < -0.3 is 10.6 Å². The van der Waals surface area contributed by atoms with Crippen molar-refractivity contribution in [3.8, 4) is 0 Å². The number of amides is 2. The van der Waals surface area contributed by atoms with E-state index in [2.05, 4.69) is 10.6 Å². The molecule has 0 radical (unpaired) electrons. The van der Waals surface area contributed by atoms with Crippen molar-refractivity contribution in [3.05, 3.63) is 0 Å². The molecule has 80 valence electrons. The maximum Gasteiger partial charge on any atom is 0.225 e. The van der Waals surface area contributed by atoms with Crippen molar-refractivity contribution in [2.45, 2.75) is 39.2 Å². The molecule has 1 saturated heterocycles. The Morgan fingerprint density at radius 1 is 1.50 bits per heavy atom. The van der Waals surface area contributed by atoms with Crippen molar-refractivity contribution < 1.29 is 9.59 Å². The molecule has 2 amide bonds. The largest absolute Gasteiger partial charge is 0.355 e. The summed E-state index contributed by atoms with van der Waals surface area (Å²) in [7, 11) is 0. The van der Waals surface area contributed by atoms with Gasteiger partial charge in [-0.2, -0.15) is 0 Å². The number of carbonyl (C=O) groups is 2. The van der Waals surface area contributed by atoms with Crippen molar-refractivity contribution in [1.82, 2.24) is 10.6 Å². The molecule has 1 aliphatic heterocycles. The van der Waals surface area contributed by atoms with E-state index >= 15 is 0 Å². The first-order chi connectivity index (χ1) is 6.38. The van der Waals surface area contributed by atoms with Crippen LogP contribution in [0.3, 0.4) is 0 Å². The molecule has 2 N–H and O–H groups in total. The molecule has 0 aromatic rings. The van der Waals surface area contributed by atoms with Gasteiger partial charge in [0.15, 0.2) is 0 Å². The highest BCUT2D eigenvalue weighted by atomic mass is 16.2. The lowest BCUT2D eigenvalue weighted by Gasteiger charge is -2.27. The van der Waals surface area contributed by atoms with Crippen LogP contribution < -0.4 is 10.6 Å². The fourth-order valence-corrected chi connectivity index (χ4v) is 1.43. The molecule has 0 bridgehead atoms. The van der Waals surface area contributed by atoms with Crippen molar-refractivity contribution in [2.75, 3.05) is 6.54 Å². The van der Waals surface area contributed by atoms with Crippen LogP contribution in [0.5, 0.6) is 0 Å². The van der Waals surface area contributed by atoms with Crippen LogP contribution in [-0.4, -0.2) is 23.9 Å². The summed E-state index contributed by atoms with van der Waals surface area (Å²) in [4.78, 5) is 22.5. The Bertz CT molecular complexity index is 233. The minimum atomic E-state index is -0.196. The molecule has 1 heterocycles. The van der Waals surface area contributed by atoms with Gasteiger partial charge in [-0.3, -0.25) is 9.59 Å². The summed E-state index contributed by atoms with van der Waals surface area (Å²) >= 11 is 0. The molecule has 1 atom stereocenters. The predicted molar refractivity (Wildman–Crippen MR) is 53.6 cm³/mol. The zero-order valence-corrected chi connectivity index (χ0v) is 9.02. The lowest BCUT2D eigenvalue weighted by Crippen LogP contribution is -2.48. The second-order valence-electron chi connectivity index (χ2n) is 4.78. The second kappa shape index (κ2) is 3.98. The molecule has 0 saturated carbocycles. The Hall–Kier alpha value is -1.06. The lowest BCUT2D eigenvalue weighted by molar-refractivity contribution is -0.129. The summed E-state index contributed by atoms with van der Waals surface area (Å²) in [6, 6.07) is 0. The van der Waals surface area contributed by atoms with E-state index in [9.17, 15) is 9.59 Å². The topological polar surface area (TPSA) is 58.2 Å². The van der Waals surface area contributed by atoms with E-state index < -0.39 is 0 Å². The van der Waals surface area contributed by atoms with Crippen LogP contribution >= 0.6 is 0 Å². The standard InChI is InChI=1S/C10H18N2O2/c1-10(2,3)12-9(14)7-4-5-8(13)11-6-7/h7H,4-6H2,1-3H3,(H,11,13)(H,12,14). The van der Waals surface area contributed by atoms with Gasteiger partial charge in [0.25, 0.3) is 0 Å². The van der Waals surface area contributed by atoms with E-state index in [4.69, 9.17) is 0 Å². The molecule has 1 unspecified atom stereocenters. The van der Waals surface area contributed by atoms with Crippen molar-refractivity contribution in [1.29, 1.82) is 0 Å². The average molecular weight is 198 g/mol. The fourth-order valence-electron chi connectivity index (χ4n) is 1.43. The van der Waals surface area contributed by atoms with E-state index in [-0.39, 0.29) is 23.3 Å². The molecule has 4 heteroatoms. The monoisotopic (exact) mass is 198 g/mol. The number of piperidine rings is 1. The number of rotatable bonds is 1. The Labute approximate surface area is 84.4 Å². The van der Waals surface area contributed by atoms with E-state index in [0.29, 0.717) is 19.4 Å². The summed E-state index contributed by atoms with van der Waals surface area (Å²) in [5.41, 5.74) is -0.196. The van der Waals surface area contributed by atoms with Gasteiger partial charge in [-0.25, -0.2) is 0 Å². The quantitative estimate of drug-likeness (QED) is 0.642. The Morgan fingerprint density at radius 2 is 2.14 bits per heavy atom. The van der Waals surface area contributed by atoms with Gasteiger partial charge in [-0.15, -0.1) is 0 Å². The summed E-state index contributed by atoms with van der Waals surface area (Å²) in [6.07, 6.45) is 1.12. The Balaban J connectivity index is 2.42. The van der Waals surface area contributed by atoms with Gasteiger partial charge in [-0.05, 0) is 27.2 Å². The third-order valence-electron chi connectivity index (χ3n) is 2.13. The molecule has 1 fully saturated rings. The van der Waals surface area contributed by atoms with E-state index in [1.807, 2.05) is 20.8 Å². The van der Waals surface area contributed by atoms with Crippen LogP contribution in [-0.2, 0) is 9.59 Å². The van der Waals surface area contributed by atoms with E-state index in [1.54, 1.807) is 0 Å². The van der Waals surface area contributed by atoms with Gasteiger partial charge in [0.2, 0.25) is 11.8 Å². The number of hydrogen-bond donors (Lipinski definition) is 2. The molecule has 1 rings (SSSR count). The van der Waals surface area contributed by atoms with Gasteiger partial charge in [0.1, 0.15) is 0 Å². The number of carbonyl (C=O) groups excluding carboxylic acids is 2. The normalized spacial score (nSPS) is 22.8. The minimum Gasteiger partial charge on any atom is -0.355 e. The molecule has 0 spiro atoms. The van der Waals surface area contributed by atoms with Crippen LogP contribution in [0, 0.1) is 5.92 Å². The van der Waals surface area contributed by atoms with Gasteiger partial charge in [0.05, 0.1) is 5.92 Å². The van der Waals surface area contributed by atoms with Crippen molar-refractivity contribution >= 4 is 11.8 Å². The van der Waals surface area contributed by atoms with Crippen LogP contribution in [0.15, 0.2) is 0 Å². The molecule has 14 heavy (non-hydrogen) atoms. The van der Waals surface area contributed by atoms with Crippen molar-refractivity contribution in [2.24, 2.45) is 5.92 Å². The van der Waals surface area contributed by atoms with Gasteiger partial charge in [0, 0.05) is 18.5 Å². The lowest BCUT2D eigenvalue weighted by atomic mass is 9.97. The molecule has 1 aliphatic rings. The predicted octanol–water partition coefficient (Wildman–Crippen LogP) is 0.427. The van der Waals surface area contributed by atoms with E-state index in [0.717, 1.165) is 0 Å². The maximum absolute atomic E-state index is 11.7. The Kier molecular flexibility index (Phi) is 3.13. The van der Waals surface area contributed by atoms with Gasteiger partial charge >= 0.3 is 0 Å². The molecule has 4 nitrogen and oxygen atoms in total. The summed E-state index contributed by atoms with van der Waals surface area (Å²) in [5, 5.41) is 5.61. The number of nitrogens with one attached hydrogen (secondary N) is 2. The first-order valence-corrected chi connectivity index (χ1v) is 4.97. The highest BCUT2D eigenvalue weighted by molar-refractivity contribution is 5.84. The molecular weight excluding hydrogens is 180 g/mol. The first kappa shape index (κ1) is 11.0. The Morgan fingerprint density at radius 3 is 2.57 bits per heavy atom. The number of hydrogen-bond acceptors (Lipinski definition) is 2. The molecule has 0 aliphatic carbocycles. The molecule has 0 aromatic carbocycles. The highest BCUT2D eigenvalue weighted by Gasteiger charge is 2.26. The van der Waals surface area contributed by atoms with Crippen LogP contribution in [0.4, 0.5) is 0 Å². The van der Waals surface area contributed by atoms with Crippen molar-refractivity contribution in [3.63, 3.8) is 0 Å². The zero-order chi connectivity index (χ0) is 10.8. The maximum atomic E-state index is 11.7. The van der Waals surface area contributed by atoms with Crippen LogP contribution in [0.25, 0.3) is 0 Å². The minimum absolute atomic E-state index is 0.0394. The average Bonchev–Trinajstić information content (AvgIpc) is 2.02. The fraction of sp³-hybridized carbons (Fsp3) is 0.800. The first-order valence-electron chi connectivity index (χ1n) is 4.97. The highest BCUT2D eigenvalue weighted by Crippen LogP contribution is 2.12. The smallest absolute Gasteiger partial charge is 0.225 e. The van der Waals surface area contributed by atoms with Crippen LogP contribution in [0.2, 0.25) is 0 Å². The molecular formula is C10H18N2O2. The SMILES string of the molecule is CC(C)(C)NC(=O)C1CCC(=O)NC1. The summed E-state index contributed by atoms with van der Waals surface area (Å²) < 4.78 is 0. The van der Waals surface area contributed by atoms with Crippen LogP contribution in [0.1, 0.15) is 33.6 Å². The third kappa shape index (κ3) is 3.36. The van der Waals surface area contributed by atoms with Gasteiger partial charge in [-0.1, -0.05) is 0 Å². The zero-order valence-electron chi connectivity index (χ0n) is 9.02. The summed E-state index contributed by atoms with van der Waals surface area (Å²) in [6.45, 7) is 6.33. The third-order valence-corrected chi connectivity index (χ3v) is 2.13. The summed E-state index contributed by atoms with van der Waals surface area (Å²) in [5.74, 6) is 0.0224. The second-order valence-corrected chi connectivity index (χ2v) is 4.78. The molecule has 0 aromatic heterocycles.